The van der Waals surface area contributed by atoms with Crippen molar-refractivity contribution in [3.05, 3.63) is 33.9 Å². The van der Waals surface area contributed by atoms with Gasteiger partial charge in [-0.05, 0) is 11.6 Å². The van der Waals surface area contributed by atoms with Crippen LogP contribution in [0.1, 0.15) is 5.56 Å². The molecule has 1 aliphatic rings. The lowest BCUT2D eigenvalue weighted by Gasteiger charge is -2.32. The molecule has 0 spiro atoms. The van der Waals surface area contributed by atoms with Gasteiger partial charge >= 0.3 is 11.7 Å². The van der Waals surface area contributed by atoms with Crippen molar-refractivity contribution < 1.29 is 24.3 Å². The summed E-state index contributed by atoms with van der Waals surface area (Å²) >= 11 is 0. The summed E-state index contributed by atoms with van der Waals surface area (Å²) in [5.74, 6) is -0.779. The topological polar surface area (TPSA) is 102 Å². The van der Waals surface area contributed by atoms with Crippen LogP contribution in [0.3, 0.4) is 0 Å². The number of nitrogens with zero attached hydrogens (tertiary/aromatic N) is 2. The van der Waals surface area contributed by atoms with Crippen LogP contribution in [0.5, 0.6) is 5.75 Å². The zero-order valence-electron chi connectivity index (χ0n) is 11.5. The molecule has 21 heavy (non-hydrogen) atoms. The van der Waals surface area contributed by atoms with Crippen molar-refractivity contribution in [2.24, 2.45) is 0 Å². The maximum atomic E-state index is 11.2. The minimum Gasteiger partial charge on any atom is -0.490 e. The molecule has 1 saturated heterocycles. The molecule has 1 heterocycles. The van der Waals surface area contributed by atoms with Gasteiger partial charge in [0.15, 0.2) is 5.75 Å². The number of carboxylic acids is 1. The Balaban J connectivity index is 2.20. The molecule has 1 aliphatic heterocycles. The molecule has 0 saturated carbocycles. The second-order valence-corrected chi connectivity index (χ2v) is 4.66. The van der Waals surface area contributed by atoms with E-state index < -0.39 is 16.9 Å². The van der Waals surface area contributed by atoms with Crippen molar-refractivity contribution in [3.8, 4) is 5.75 Å². The number of carbonyl (C=O) groups is 1. The molecule has 0 bridgehead atoms. The number of hydrogen-bond acceptors (Lipinski definition) is 6. The van der Waals surface area contributed by atoms with E-state index in [9.17, 15) is 14.9 Å². The summed E-state index contributed by atoms with van der Waals surface area (Å²) in [4.78, 5) is 23.4. The lowest BCUT2D eigenvalue weighted by Crippen LogP contribution is -2.49. The molecule has 1 atom stereocenters. The van der Waals surface area contributed by atoms with Gasteiger partial charge in [0, 0.05) is 19.2 Å². The molecule has 8 heteroatoms. The maximum absolute atomic E-state index is 11.2. The van der Waals surface area contributed by atoms with Gasteiger partial charge in [0.25, 0.3) is 0 Å². The molecule has 1 N–H and O–H groups in total. The Morgan fingerprint density at radius 2 is 2.38 bits per heavy atom. The van der Waals surface area contributed by atoms with Crippen molar-refractivity contribution >= 4 is 11.7 Å². The first-order chi connectivity index (χ1) is 10.0. The van der Waals surface area contributed by atoms with Crippen LogP contribution in [0, 0.1) is 10.1 Å². The summed E-state index contributed by atoms with van der Waals surface area (Å²) in [6.07, 6.45) is 0. The van der Waals surface area contributed by atoms with E-state index in [0.717, 1.165) is 0 Å². The Morgan fingerprint density at radius 1 is 1.62 bits per heavy atom. The van der Waals surface area contributed by atoms with Crippen LogP contribution in [-0.2, 0) is 16.1 Å². The third kappa shape index (κ3) is 3.47. The second-order valence-electron chi connectivity index (χ2n) is 4.66. The number of ether oxygens (including phenoxy) is 2. The SMILES string of the molecule is COc1ccc(CN2CCOCC2C(=O)O)cc1[N+](=O)[O-]. The van der Waals surface area contributed by atoms with Crippen LogP contribution in [-0.4, -0.2) is 53.8 Å². The van der Waals surface area contributed by atoms with Crippen LogP contribution < -0.4 is 4.74 Å². The number of carboxylic acid groups (broad SMARTS) is 1. The van der Waals surface area contributed by atoms with Crippen molar-refractivity contribution in [1.29, 1.82) is 0 Å². The summed E-state index contributed by atoms with van der Waals surface area (Å²) in [5, 5.41) is 20.2. The molecule has 1 aromatic carbocycles. The van der Waals surface area contributed by atoms with E-state index >= 15 is 0 Å². The fourth-order valence-corrected chi connectivity index (χ4v) is 2.27. The zero-order valence-corrected chi connectivity index (χ0v) is 11.5. The largest absolute Gasteiger partial charge is 0.490 e. The highest BCUT2D eigenvalue weighted by Gasteiger charge is 2.29. The average molecular weight is 296 g/mol. The molecule has 8 nitrogen and oxygen atoms in total. The normalized spacial score (nSPS) is 19.2. The number of aliphatic carboxylic acids is 1. The molecule has 0 aromatic heterocycles. The zero-order chi connectivity index (χ0) is 15.4. The predicted molar refractivity (Wildman–Crippen MR) is 72.3 cm³/mol. The van der Waals surface area contributed by atoms with E-state index in [4.69, 9.17) is 14.6 Å². The average Bonchev–Trinajstić information content (AvgIpc) is 2.47. The van der Waals surface area contributed by atoms with Gasteiger partial charge in [0.2, 0.25) is 0 Å². The number of nitro groups is 1. The molecular formula is C13H16N2O6. The minimum atomic E-state index is -0.960. The molecule has 0 aliphatic carbocycles. The first-order valence-corrected chi connectivity index (χ1v) is 6.39. The van der Waals surface area contributed by atoms with Gasteiger partial charge < -0.3 is 14.6 Å². The summed E-state index contributed by atoms with van der Waals surface area (Å²) in [7, 11) is 1.37. The van der Waals surface area contributed by atoms with E-state index in [1.54, 1.807) is 11.0 Å². The summed E-state index contributed by atoms with van der Waals surface area (Å²) in [6, 6.07) is 3.89. The van der Waals surface area contributed by atoms with Crippen LogP contribution in [0.2, 0.25) is 0 Å². The van der Waals surface area contributed by atoms with Crippen molar-refractivity contribution in [2.45, 2.75) is 12.6 Å². The smallest absolute Gasteiger partial charge is 0.323 e. The number of rotatable bonds is 5. The molecule has 1 unspecified atom stereocenters. The number of nitro benzene ring substituents is 1. The Kier molecular flexibility index (Phi) is 4.71. The molecule has 1 aromatic rings. The van der Waals surface area contributed by atoms with Crippen LogP contribution >= 0.6 is 0 Å². The number of hydrogen-bond donors (Lipinski definition) is 1. The van der Waals surface area contributed by atoms with E-state index in [0.29, 0.717) is 25.3 Å². The van der Waals surface area contributed by atoms with Gasteiger partial charge in [-0.15, -0.1) is 0 Å². The monoisotopic (exact) mass is 296 g/mol. The Hall–Kier alpha value is -2.19. The van der Waals surface area contributed by atoms with Crippen molar-refractivity contribution in [2.75, 3.05) is 26.9 Å². The Morgan fingerprint density at radius 3 is 3.00 bits per heavy atom. The second kappa shape index (κ2) is 6.51. The van der Waals surface area contributed by atoms with E-state index in [-0.39, 0.29) is 18.0 Å². The van der Waals surface area contributed by atoms with E-state index in [2.05, 4.69) is 0 Å². The Labute approximate surface area is 121 Å². The first kappa shape index (κ1) is 15.2. The highest BCUT2D eigenvalue weighted by molar-refractivity contribution is 5.73. The van der Waals surface area contributed by atoms with Gasteiger partial charge in [-0.2, -0.15) is 0 Å². The number of methoxy groups -OCH3 is 1. The molecule has 0 amide bonds. The van der Waals surface area contributed by atoms with Gasteiger partial charge in [0.1, 0.15) is 6.04 Å². The maximum Gasteiger partial charge on any atom is 0.323 e. The predicted octanol–water partition coefficient (Wildman–Crippen LogP) is 0.889. The highest BCUT2D eigenvalue weighted by atomic mass is 16.6. The van der Waals surface area contributed by atoms with Crippen LogP contribution in [0.25, 0.3) is 0 Å². The highest BCUT2D eigenvalue weighted by Crippen LogP contribution is 2.28. The summed E-state index contributed by atoms with van der Waals surface area (Å²) < 4.78 is 10.1. The number of benzene rings is 1. The summed E-state index contributed by atoms with van der Waals surface area (Å²) in [6.45, 7) is 1.34. The van der Waals surface area contributed by atoms with Gasteiger partial charge in [0.05, 0.1) is 25.2 Å². The molecular weight excluding hydrogens is 280 g/mol. The fraction of sp³-hybridized carbons (Fsp3) is 0.462. The number of morpholine rings is 1. The van der Waals surface area contributed by atoms with Crippen molar-refractivity contribution in [1.82, 2.24) is 4.90 Å². The van der Waals surface area contributed by atoms with E-state index in [1.165, 1.54) is 19.2 Å². The van der Waals surface area contributed by atoms with Crippen LogP contribution in [0.15, 0.2) is 18.2 Å². The molecule has 1 fully saturated rings. The quantitative estimate of drug-likeness (QED) is 0.635. The van der Waals surface area contributed by atoms with E-state index in [1.807, 2.05) is 0 Å². The van der Waals surface area contributed by atoms with Gasteiger partial charge in [-0.1, -0.05) is 6.07 Å². The molecule has 0 radical (unpaired) electrons. The van der Waals surface area contributed by atoms with Gasteiger partial charge in [-0.25, -0.2) is 0 Å². The third-order valence-electron chi connectivity index (χ3n) is 3.35. The third-order valence-corrected chi connectivity index (χ3v) is 3.35. The minimum absolute atomic E-state index is 0.119. The standard InChI is InChI=1S/C13H16N2O6/c1-20-12-3-2-9(6-10(12)15(18)19)7-14-4-5-21-8-11(14)13(16)17/h2-3,6,11H,4-5,7-8H2,1H3,(H,16,17). The lowest BCUT2D eigenvalue weighted by molar-refractivity contribution is -0.385. The summed E-state index contributed by atoms with van der Waals surface area (Å²) in [5.41, 5.74) is 0.533. The molecule has 114 valence electrons. The lowest BCUT2D eigenvalue weighted by atomic mass is 10.1. The van der Waals surface area contributed by atoms with Crippen LogP contribution in [0.4, 0.5) is 5.69 Å². The fourth-order valence-electron chi connectivity index (χ4n) is 2.27. The van der Waals surface area contributed by atoms with Gasteiger partial charge in [-0.3, -0.25) is 19.8 Å². The van der Waals surface area contributed by atoms with Crippen molar-refractivity contribution in [3.63, 3.8) is 0 Å². The molecule has 2 rings (SSSR count). The Bertz CT molecular complexity index is 547. The first-order valence-electron chi connectivity index (χ1n) is 6.39.